The first-order chi connectivity index (χ1) is 8.49. The summed E-state index contributed by atoms with van der Waals surface area (Å²) in [7, 11) is 0. The maximum atomic E-state index is 6.06. The molecular weight excluding hydrogens is 220 g/mol. The summed E-state index contributed by atoms with van der Waals surface area (Å²) in [5.74, 6) is 1.90. The molecule has 0 aromatic heterocycles. The van der Waals surface area contributed by atoms with Gasteiger partial charge in [0, 0.05) is 0 Å². The van der Waals surface area contributed by atoms with Gasteiger partial charge in [-0.2, -0.15) is 0 Å². The fraction of sp³-hybridized carbons (Fsp3) is 0.294. The van der Waals surface area contributed by atoms with Crippen LogP contribution in [0.3, 0.4) is 0 Å². The number of hydrogen-bond donors (Lipinski definition) is 0. The van der Waals surface area contributed by atoms with Gasteiger partial charge in [0.25, 0.3) is 0 Å². The van der Waals surface area contributed by atoms with E-state index in [0.29, 0.717) is 0 Å². The molecule has 1 nitrogen and oxygen atoms in total. The van der Waals surface area contributed by atoms with Gasteiger partial charge in [0.15, 0.2) is 0 Å². The van der Waals surface area contributed by atoms with Crippen LogP contribution in [0.2, 0.25) is 0 Å². The maximum Gasteiger partial charge on any atom is 0.133 e. The van der Waals surface area contributed by atoms with Crippen LogP contribution < -0.4 is 4.74 Å². The zero-order valence-corrected chi connectivity index (χ0v) is 11.8. The molecule has 0 saturated carbocycles. The molecule has 0 saturated heterocycles. The highest BCUT2D eigenvalue weighted by molar-refractivity contribution is 5.46. The molecule has 0 heterocycles. The predicted octanol–water partition coefficient (Wildman–Crippen LogP) is 5.02. The van der Waals surface area contributed by atoms with Crippen LogP contribution in [-0.2, 0) is 0 Å². The van der Waals surface area contributed by atoms with E-state index in [-0.39, 0.29) is 0 Å². The van der Waals surface area contributed by atoms with Crippen molar-refractivity contribution in [2.45, 2.75) is 34.6 Å². The quantitative estimate of drug-likeness (QED) is 0.716. The minimum absolute atomic E-state index is 0.924. The number of ether oxygens (including phenoxy) is 1. The van der Waals surface area contributed by atoms with Crippen molar-refractivity contribution in [3.63, 3.8) is 0 Å². The summed E-state index contributed by atoms with van der Waals surface area (Å²) >= 11 is 0. The van der Waals surface area contributed by atoms with E-state index in [1.165, 1.54) is 27.8 Å². The molecule has 2 aromatic carbocycles. The molecule has 0 aliphatic heterocycles. The molecule has 2 aromatic rings. The highest BCUT2D eigenvalue weighted by atomic mass is 16.5. The standard InChI is InChI=1S/C17H20O/c1-11-7-6-8-12(2)17(11)18-16-9-13(3)15(5)14(4)10-16/h6-10H,1-5H3. The van der Waals surface area contributed by atoms with E-state index in [1.54, 1.807) is 0 Å². The molecule has 94 valence electrons. The van der Waals surface area contributed by atoms with Gasteiger partial charge in [-0.15, -0.1) is 0 Å². The Morgan fingerprint density at radius 2 is 1.22 bits per heavy atom. The van der Waals surface area contributed by atoms with Crippen LogP contribution in [0.4, 0.5) is 0 Å². The molecule has 0 atom stereocenters. The summed E-state index contributed by atoms with van der Waals surface area (Å²) in [6, 6.07) is 10.4. The second-order valence-corrected chi connectivity index (χ2v) is 5.01. The fourth-order valence-electron chi connectivity index (χ4n) is 2.13. The summed E-state index contributed by atoms with van der Waals surface area (Å²) in [6.45, 7) is 10.6. The molecule has 0 bridgehead atoms. The summed E-state index contributed by atoms with van der Waals surface area (Å²) in [5.41, 5.74) is 6.23. The topological polar surface area (TPSA) is 9.23 Å². The summed E-state index contributed by atoms with van der Waals surface area (Å²) < 4.78 is 6.06. The Labute approximate surface area is 109 Å². The van der Waals surface area contributed by atoms with Gasteiger partial charge in [-0.25, -0.2) is 0 Å². The normalized spacial score (nSPS) is 10.5. The number of hydrogen-bond acceptors (Lipinski definition) is 1. The van der Waals surface area contributed by atoms with E-state index in [1.807, 2.05) is 0 Å². The molecule has 0 spiro atoms. The number of rotatable bonds is 2. The van der Waals surface area contributed by atoms with Crippen LogP contribution in [0.1, 0.15) is 27.8 Å². The third kappa shape index (κ3) is 2.40. The van der Waals surface area contributed by atoms with Crippen LogP contribution in [0.5, 0.6) is 11.5 Å². The Balaban J connectivity index is 2.41. The van der Waals surface area contributed by atoms with E-state index < -0.39 is 0 Å². The minimum Gasteiger partial charge on any atom is -0.457 e. The first-order valence-electron chi connectivity index (χ1n) is 6.31. The largest absolute Gasteiger partial charge is 0.457 e. The zero-order chi connectivity index (χ0) is 13.3. The second-order valence-electron chi connectivity index (χ2n) is 5.01. The van der Waals surface area contributed by atoms with E-state index >= 15 is 0 Å². The summed E-state index contributed by atoms with van der Waals surface area (Å²) in [4.78, 5) is 0. The minimum atomic E-state index is 0.924. The molecule has 0 fully saturated rings. The molecule has 1 heteroatoms. The van der Waals surface area contributed by atoms with Gasteiger partial charge >= 0.3 is 0 Å². The van der Waals surface area contributed by atoms with Crippen molar-refractivity contribution in [1.29, 1.82) is 0 Å². The predicted molar refractivity (Wildman–Crippen MR) is 76.6 cm³/mol. The number of para-hydroxylation sites is 1. The lowest BCUT2D eigenvalue weighted by atomic mass is 10.0. The highest BCUT2D eigenvalue weighted by Crippen LogP contribution is 2.30. The first kappa shape index (κ1) is 12.7. The van der Waals surface area contributed by atoms with Crippen LogP contribution in [-0.4, -0.2) is 0 Å². The molecule has 0 aliphatic rings. The van der Waals surface area contributed by atoms with E-state index in [2.05, 4.69) is 65.0 Å². The Bertz CT molecular complexity index is 539. The van der Waals surface area contributed by atoms with Crippen LogP contribution in [0.25, 0.3) is 0 Å². The highest BCUT2D eigenvalue weighted by Gasteiger charge is 2.07. The zero-order valence-electron chi connectivity index (χ0n) is 11.8. The maximum absolute atomic E-state index is 6.06. The smallest absolute Gasteiger partial charge is 0.133 e. The molecule has 2 rings (SSSR count). The average Bonchev–Trinajstić information content (AvgIpc) is 2.31. The molecule has 0 unspecified atom stereocenters. The molecule has 0 amide bonds. The van der Waals surface area contributed by atoms with Gasteiger partial charge in [-0.3, -0.25) is 0 Å². The van der Waals surface area contributed by atoms with Gasteiger partial charge < -0.3 is 4.74 Å². The lowest BCUT2D eigenvalue weighted by molar-refractivity contribution is 0.474. The first-order valence-corrected chi connectivity index (χ1v) is 6.31. The van der Waals surface area contributed by atoms with Gasteiger partial charge in [0.1, 0.15) is 11.5 Å². The van der Waals surface area contributed by atoms with E-state index in [0.717, 1.165) is 11.5 Å². The third-order valence-corrected chi connectivity index (χ3v) is 3.53. The lowest BCUT2D eigenvalue weighted by Gasteiger charge is -2.14. The fourth-order valence-corrected chi connectivity index (χ4v) is 2.13. The number of benzene rings is 2. The second kappa shape index (κ2) is 4.85. The Kier molecular flexibility index (Phi) is 3.42. The van der Waals surface area contributed by atoms with Crippen molar-refractivity contribution in [2.75, 3.05) is 0 Å². The van der Waals surface area contributed by atoms with Crippen molar-refractivity contribution in [2.24, 2.45) is 0 Å². The molecular formula is C17H20O. The van der Waals surface area contributed by atoms with Crippen molar-refractivity contribution < 1.29 is 4.74 Å². The monoisotopic (exact) mass is 240 g/mol. The van der Waals surface area contributed by atoms with Gasteiger partial charge in [-0.05, 0) is 74.6 Å². The van der Waals surface area contributed by atoms with Crippen molar-refractivity contribution in [3.05, 3.63) is 58.1 Å². The van der Waals surface area contributed by atoms with Gasteiger partial charge in [-0.1, -0.05) is 18.2 Å². The molecule has 0 N–H and O–H groups in total. The van der Waals surface area contributed by atoms with Crippen LogP contribution >= 0.6 is 0 Å². The molecule has 0 aliphatic carbocycles. The molecule has 18 heavy (non-hydrogen) atoms. The van der Waals surface area contributed by atoms with Crippen LogP contribution in [0, 0.1) is 34.6 Å². The summed E-state index contributed by atoms with van der Waals surface area (Å²) in [6.07, 6.45) is 0. The average molecular weight is 240 g/mol. The number of aryl methyl sites for hydroxylation is 4. The third-order valence-electron chi connectivity index (χ3n) is 3.53. The molecule has 0 radical (unpaired) electrons. The Morgan fingerprint density at radius 1 is 0.722 bits per heavy atom. The summed E-state index contributed by atoms with van der Waals surface area (Å²) in [5, 5.41) is 0. The van der Waals surface area contributed by atoms with Crippen LogP contribution in [0.15, 0.2) is 30.3 Å². The van der Waals surface area contributed by atoms with Gasteiger partial charge in [0.05, 0.1) is 0 Å². The van der Waals surface area contributed by atoms with E-state index in [4.69, 9.17) is 4.74 Å². The Hall–Kier alpha value is -1.76. The van der Waals surface area contributed by atoms with E-state index in [9.17, 15) is 0 Å². The Morgan fingerprint density at radius 3 is 1.72 bits per heavy atom. The van der Waals surface area contributed by atoms with Crippen molar-refractivity contribution in [1.82, 2.24) is 0 Å². The van der Waals surface area contributed by atoms with Crippen molar-refractivity contribution in [3.8, 4) is 11.5 Å². The van der Waals surface area contributed by atoms with Crippen molar-refractivity contribution >= 4 is 0 Å². The lowest BCUT2D eigenvalue weighted by Crippen LogP contribution is -1.93. The van der Waals surface area contributed by atoms with Gasteiger partial charge in [0.2, 0.25) is 0 Å². The SMILES string of the molecule is Cc1cc(Oc2c(C)cccc2C)cc(C)c1C.